The van der Waals surface area contributed by atoms with Crippen molar-refractivity contribution in [2.75, 3.05) is 6.54 Å². The van der Waals surface area contributed by atoms with Gasteiger partial charge in [0.2, 0.25) is 10.0 Å². The molecule has 24 heavy (non-hydrogen) atoms. The minimum absolute atomic E-state index is 0.169. The van der Waals surface area contributed by atoms with Crippen molar-refractivity contribution < 1.29 is 13.2 Å². The Morgan fingerprint density at radius 1 is 0.958 bits per heavy atom. The van der Waals surface area contributed by atoms with Gasteiger partial charge in [-0.25, -0.2) is 13.1 Å². The maximum Gasteiger partial charge on any atom is 0.240 e. The summed E-state index contributed by atoms with van der Waals surface area (Å²) in [5.41, 5.74) is 1.12. The van der Waals surface area contributed by atoms with Crippen LogP contribution in [0.1, 0.15) is 5.56 Å². The first-order valence-corrected chi connectivity index (χ1v) is 9.33. The maximum absolute atomic E-state index is 12.5. The smallest absolute Gasteiger partial charge is 0.240 e. The van der Waals surface area contributed by atoms with Crippen molar-refractivity contribution in [2.45, 2.75) is 17.4 Å². The molecule has 0 aliphatic carbocycles. The fraction of sp³-hybridized carbons (Fsp3) is 0.158. The van der Waals surface area contributed by atoms with Gasteiger partial charge in [0, 0.05) is 13.0 Å². The van der Waals surface area contributed by atoms with Gasteiger partial charge in [-0.3, -0.25) is 0 Å². The van der Waals surface area contributed by atoms with Gasteiger partial charge in [0.05, 0.1) is 4.90 Å². The summed E-state index contributed by atoms with van der Waals surface area (Å²) < 4.78 is 33.5. The quantitative estimate of drug-likeness (QED) is 0.794. The van der Waals surface area contributed by atoms with Crippen molar-refractivity contribution in [3.63, 3.8) is 0 Å². The second-order valence-electron chi connectivity index (χ2n) is 5.91. The molecule has 1 aliphatic heterocycles. The molecule has 1 N–H and O–H groups in total. The van der Waals surface area contributed by atoms with E-state index in [1.54, 1.807) is 12.1 Å². The maximum atomic E-state index is 12.5. The molecule has 4 rings (SSSR count). The van der Waals surface area contributed by atoms with E-state index >= 15 is 0 Å². The van der Waals surface area contributed by atoms with Crippen molar-refractivity contribution in [3.05, 3.63) is 72.3 Å². The van der Waals surface area contributed by atoms with Gasteiger partial charge in [0.1, 0.15) is 11.9 Å². The van der Waals surface area contributed by atoms with Gasteiger partial charge in [-0.2, -0.15) is 0 Å². The number of sulfonamides is 1. The third-order valence-electron chi connectivity index (χ3n) is 4.25. The van der Waals surface area contributed by atoms with E-state index in [1.165, 1.54) is 0 Å². The van der Waals surface area contributed by atoms with Crippen LogP contribution in [0.5, 0.6) is 5.75 Å². The van der Waals surface area contributed by atoms with Crippen molar-refractivity contribution >= 4 is 20.8 Å². The molecule has 1 aliphatic rings. The zero-order valence-electron chi connectivity index (χ0n) is 13.0. The molecule has 0 radical (unpaired) electrons. The number of hydrogen-bond donors (Lipinski definition) is 1. The Labute approximate surface area is 141 Å². The fourth-order valence-corrected chi connectivity index (χ4v) is 4.09. The zero-order valence-corrected chi connectivity index (χ0v) is 13.8. The lowest BCUT2D eigenvalue weighted by molar-refractivity contribution is 0.236. The Kier molecular flexibility index (Phi) is 3.75. The van der Waals surface area contributed by atoms with Gasteiger partial charge in [0.25, 0.3) is 0 Å². The number of benzene rings is 3. The first kappa shape index (κ1) is 15.2. The summed E-state index contributed by atoms with van der Waals surface area (Å²) in [5.74, 6) is 0.840. The Bertz CT molecular complexity index is 973. The van der Waals surface area contributed by atoms with Gasteiger partial charge in [-0.05, 0) is 34.5 Å². The molecule has 0 fully saturated rings. The van der Waals surface area contributed by atoms with Gasteiger partial charge in [-0.15, -0.1) is 0 Å². The largest absolute Gasteiger partial charge is 0.488 e. The SMILES string of the molecule is O=S(=O)(NC[C@@H]1Cc2ccccc2O1)c1ccc2ccccc2c1. The van der Waals surface area contributed by atoms with Crippen LogP contribution < -0.4 is 9.46 Å². The number of para-hydroxylation sites is 1. The molecule has 0 saturated heterocycles. The normalized spacial score (nSPS) is 16.8. The third-order valence-corrected chi connectivity index (χ3v) is 5.67. The fourth-order valence-electron chi connectivity index (χ4n) is 2.99. The molecule has 5 heteroatoms. The number of nitrogens with one attached hydrogen (secondary N) is 1. The van der Waals surface area contributed by atoms with E-state index < -0.39 is 10.0 Å². The predicted octanol–water partition coefficient (Wildman–Crippen LogP) is 3.12. The van der Waals surface area contributed by atoms with Crippen LogP contribution in [-0.2, 0) is 16.4 Å². The molecular formula is C19H17NO3S. The second kappa shape index (κ2) is 5.92. The van der Waals surface area contributed by atoms with Crippen LogP contribution >= 0.6 is 0 Å². The highest BCUT2D eigenvalue weighted by Gasteiger charge is 2.24. The third kappa shape index (κ3) is 2.88. The van der Waals surface area contributed by atoms with Crippen LogP contribution in [0.25, 0.3) is 10.8 Å². The highest BCUT2D eigenvalue weighted by molar-refractivity contribution is 7.89. The molecule has 3 aromatic rings. The van der Waals surface area contributed by atoms with E-state index in [-0.39, 0.29) is 17.5 Å². The van der Waals surface area contributed by atoms with Crippen LogP contribution in [-0.4, -0.2) is 21.1 Å². The van der Waals surface area contributed by atoms with E-state index in [1.807, 2.05) is 54.6 Å². The topological polar surface area (TPSA) is 55.4 Å². The lowest BCUT2D eigenvalue weighted by atomic mass is 10.1. The number of ether oxygens (including phenoxy) is 1. The van der Waals surface area contributed by atoms with Crippen molar-refractivity contribution in [1.82, 2.24) is 4.72 Å². The Morgan fingerprint density at radius 3 is 2.54 bits per heavy atom. The first-order chi connectivity index (χ1) is 11.6. The summed E-state index contributed by atoms with van der Waals surface area (Å²) in [6.07, 6.45) is 0.550. The minimum atomic E-state index is -3.56. The van der Waals surface area contributed by atoms with Gasteiger partial charge in [-0.1, -0.05) is 48.5 Å². The van der Waals surface area contributed by atoms with Crippen molar-refractivity contribution in [1.29, 1.82) is 0 Å². The lowest BCUT2D eigenvalue weighted by Gasteiger charge is -2.12. The molecule has 0 amide bonds. The number of hydrogen-bond acceptors (Lipinski definition) is 3. The average molecular weight is 339 g/mol. The zero-order chi connectivity index (χ0) is 16.6. The van der Waals surface area contributed by atoms with Crippen molar-refractivity contribution in [2.24, 2.45) is 0 Å². The van der Waals surface area contributed by atoms with Crippen LogP contribution in [0, 0.1) is 0 Å². The van der Waals surface area contributed by atoms with Crippen LogP contribution in [0.15, 0.2) is 71.6 Å². The number of fused-ring (bicyclic) bond motifs is 2. The molecule has 0 saturated carbocycles. The molecule has 0 bridgehead atoms. The van der Waals surface area contributed by atoms with Crippen LogP contribution in [0.2, 0.25) is 0 Å². The molecule has 0 spiro atoms. The summed E-state index contributed by atoms with van der Waals surface area (Å²) in [5, 5.41) is 1.93. The molecule has 4 nitrogen and oxygen atoms in total. The van der Waals surface area contributed by atoms with E-state index in [9.17, 15) is 8.42 Å². The van der Waals surface area contributed by atoms with Crippen LogP contribution in [0.4, 0.5) is 0 Å². The van der Waals surface area contributed by atoms with E-state index in [0.29, 0.717) is 0 Å². The molecule has 122 valence electrons. The van der Waals surface area contributed by atoms with E-state index in [2.05, 4.69) is 4.72 Å². The second-order valence-corrected chi connectivity index (χ2v) is 7.68. The Morgan fingerprint density at radius 2 is 1.71 bits per heavy atom. The number of rotatable bonds is 4. The van der Waals surface area contributed by atoms with Gasteiger partial charge >= 0.3 is 0 Å². The molecular weight excluding hydrogens is 322 g/mol. The standard InChI is InChI=1S/C19H17NO3S/c21-24(22,18-10-9-14-5-1-2-6-15(14)12-18)20-13-17-11-16-7-3-4-8-19(16)23-17/h1-10,12,17,20H,11,13H2/t17-/m0/s1. The Hall–Kier alpha value is -2.37. The molecule has 1 heterocycles. The molecule has 1 atom stereocenters. The van der Waals surface area contributed by atoms with Gasteiger partial charge < -0.3 is 4.74 Å². The minimum Gasteiger partial charge on any atom is -0.488 e. The summed E-state index contributed by atoms with van der Waals surface area (Å²) in [4.78, 5) is 0.275. The lowest BCUT2D eigenvalue weighted by Crippen LogP contribution is -2.34. The molecule has 3 aromatic carbocycles. The van der Waals surface area contributed by atoms with Crippen LogP contribution in [0.3, 0.4) is 0 Å². The van der Waals surface area contributed by atoms with E-state index in [4.69, 9.17) is 4.74 Å². The summed E-state index contributed by atoms with van der Waals surface area (Å²) in [7, 11) is -3.56. The monoisotopic (exact) mass is 339 g/mol. The summed E-state index contributed by atoms with van der Waals surface area (Å²) in [6, 6.07) is 20.7. The van der Waals surface area contributed by atoms with Gasteiger partial charge in [0.15, 0.2) is 0 Å². The summed E-state index contributed by atoms with van der Waals surface area (Å²) >= 11 is 0. The Balaban J connectivity index is 1.49. The predicted molar refractivity (Wildman–Crippen MR) is 93.7 cm³/mol. The summed E-state index contributed by atoms with van der Waals surface area (Å²) in [6.45, 7) is 0.254. The molecule has 0 aromatic heterocycles. The van der Waals surface area contributed by atoms with Crippen molar-refractivity contribution in [3.8, 4) is 5.75 Å². The average Bonchev–Trinajstić information content (AvgIpc) is 3.03. The first-order valence-electron chi connectivity index (χ1n) is 7.85. The van der Waals surface area contributed by atoms with E-state index in [0.717, 1.165) is 28.5 Å². The highest BCUT2D eigenvalue weighted by Crippen LogP contribution is 2.28. The molecule has 0 unspecified atom stereocenters. The highest BCUT2D eigenvalue weighted by atomic mass is 32.2.